The molecule has 0 radical (unpaired) electrons. The highest BCUT2D eigenvalue weighted by Crippen LogP contribution is 2.32. The standard InChI is InChI=1S/C22H25ClN2O7S/c23-15-2-5-17(6-3-15)33(28,29)25-18-7-4-16(32-21(18)12-26)9-10-24-22(27)14-1-8-19-20(11-14)31-13-30-19/h1-3,5-6,8,11,16,18,21,25-26H,4,7,9-10,12-13H2,(H,24,27)/t16-,18-,21-/m1/s1. The summed E-state index contributed by atoms with van der Waals surface area (Å²) in [5, 5.41) is 13.0. The monoisotopic (exact) mass is 496 g/mol. The van der Waals surface area contributed by atoms with Crippen molar-refractivity contribution in [3.8, 4) is 11.5 Å². The maximum Gasteiger partial charge on any atom is 0.251 e. The number of ether oxygens (including phenoxy) is 3. The molecule has 2 aliphatic rings. The molecule has 9 nitrogen and oxygen atoms in total. The smallest absolute Gasteiger partial charge is 0.251 e. The van der Waals surface area contributed by atoms with Gasteiger partial charge in [-0.3, -0.25) is 4.79 Å². The molecule has 1 saturated heterocycles. The summed E-state index contributed by atoms with van der Waals surface area (Å²) in [7, 11) is -3.78. The number of aliphatic hydroxyl groups is 1. The number of rotatable bonds is 8. The highest BCUT2D eigenvalue weighted by atomic mass is 35.5. The zero-order valence-electron chi connectivity index (χ0n) is 17.7. The van der Waals surface area contributed by atoms with E-state index >= 15 is 0 Å². The molecule has 0 bridgehead atoms. The summed E-state index contributed by atoms with van der Waals surface area (Å²) >= 11 is 5.83. The van der Waals surface area contributed by atoms with E-state index in [1.165, 1.54) is 24.3 Å². The van der Waals surface area contributed by atoms with Crippen LogP contribution in [-0.2, 0) is 14.8 Å². The predicted molar refractivity (Wildman–Crippen MR) is 120 cm³/mol. The summed E-state index contributed by atoms with van der Waals surface area (Å²) in [5.41, 5.74) is 0.466. The van der Waals surface area contributed by atoms with E-state index in [0.717, 1.165) is 0 Å². The van der Waals surface area contributed by atoms with Gasteiger partial charge in [-0.15, -0.1) is 0 Å². The number of amides is 1. The number of hydrogen-bond acceptors (Lipinski definition) is 7. The number of benzene rings is 2. The fourth-order valence-electron chi connectivity index (χ4n) is 3.85. The van der Waals surface area contributed by atoms with E-state index in [0.29, 0.717) is 47.9 Å². The van der Waals surface area contributed by atoms with Gasteiger partial charge in [0.25, 0.3) is 5.91 Å². The molecule has 11 heteroatoms. The van der Waals surface area contributed by atoms with Crippen molar-refractivity contribution in [3.63, 3.8) is 0 Å². The van der Waals surface area contributed by atoms with Gasteiger partial charge in [-0.25, -0.2) is 13.1 Å². The van der Waals surface area contributed by atoms with E-state index in [4.69, 9.17) is 25.8 Å². The average Bonchev–Trinajstić information content (AvgIpc) is 3.28. The molecule has 1 amide bonds. The zero-order chi connectivity index (χ0) is 23.4. The van der Waals surface area contributed by atoms with E-state index in [1.807, 2.05) is 0 Å². The minimum Gasteiger partial charge on any atom is -0.454 e. The second-order valence-electron chi connectivity index (χ2n) is 7.85. The van der Waals surface area contributed by atoms with Gasteiger partial charge < -0.3 is 24.6 Å². The fraction of sp³-hybridized carbons (Fsp3) is 0.409. The Hall–Kier alpha value is -2.37. The lowest BCUT2D eigenvalue weighted by Gasteiger charge is -2.36. The molecule has 2 aliphatic heterocycles. The number of halogens is 1. The summed E-state index contributed by atoms with van der Waals surface area (Å²) in [4.78, 5) is 12.5. The SMILES string of the molecule is O=C(NCC[C@H]1CC[C@@H](NS(=O)(=O)c2ccc(Cl)cc2)[C@@H](CO)O1)c1ccc2c(c1)OCO2. The lowest BCUT2D eigenvalue weighted by molar-refractivity contribution is -0.0871. The molecule has 4 rings (SSSR count). The first-order valence-corrected chi connectivity index (χ1v) is 12.4. The molecule has 2 aromatic carbocycles. The summed E-state index contributed by atoms with van der Waals surface area (Å²) in [6, 6.07) is 10.3. The van der Waals surface area contributed by atoms with Crippen molar-refractivity contribution in [3.05, 3.63) is 53.1 Å². The Morgan fingerprint density at radius 2 is 1.85 bits per heavy atom. The highest BCUT2D eigenvalue weighted by molar-refractivity contribution is 7.89. The number of carbonyl (C=O) groups excluding carboxylic acids is 1. The maximum absolute atomic E-state index is 12.7. The first-order valence-electron chi connectivity index (χ1n) is 10.6. The van der Waals surface area contributed by atoms with Gasteiger partial charge in [-0.1, -0.05) is 11.6 Å². The molecule has 0 aliphatic carbocycles. The van der Waals surface area contributed by atoms with Crippen molar-refractivity contribution in [1.82, 2.24) is 10.0 Å². The normalized spacial score (nSPS) is 22.2. The summed E-state index contributed by atoms with van der Waals surface area (Å²) in [6.07, 6.45) is 0.720. The van der Waals surface area contributed by atoms with Crippen LogP contribution in [0.2, 0.25) is 5.02 Å². The Kier molecular flexibility index (Phi) is 7.40. The fourth-order valence-corrected chi connectivity index (χ4v) is 5.27. The van der Waals surface area contributed by atoms with E-state index in [9.17, 15) is 18.3 Å². The molecule has 0 unspecified atom stereocenters. The van der Waals surface area contributed by atoms with Gasteiger partial charge in [0.15, 0.2) is 11.5 Å². The average molecular weight is 497 g/mol. The van der Waals surface area contributed by atoms with Gasteiger partial charge in [0, 0.05) is 17.1 Å². The highest BCUT2D eigenvalue weighted by Gasteiger charge is 2.34. The molecule has 1 fully saturated rings. The van der Waals surface area contributed by atoms with Gasteiger partial charge in [-0.05, 0) is 61.7 Å². The largest absolute Gasteiger partial charge is 0.454 e. The van der Waals surface area contributed by atoms with Gasteiger partial charge in [-0.2, -0.15) is 0 Å². The molecular weight excluding hydrogens is 472 g/mol. The zero-order valence-corrected chi connectivity index (χ0v) is 19.3. The van der Waals surface area contributed by atoms with Crippen LogP contribution < -0.4 is 19.5 Å². The molecule has 3 atom stereocenters. The Morgan fingerprint density at radius 3 is 2.61 bits per heavy atom. The lowest BCUT2D eigenvalue weighted by atomic mass is 9.98. The Bertz CT molecular complexity index is 1090. The number of fused-ring (bicyclic) bond motifs is 1. The molecule has 0 aromatic heterocycles. The second-order valence-corrected chi connectivity index (χ2v) is 10.0. The third-order valence-electron chi connectivity index (χ3n) is 5.61. The topological polar surface area (TPSA) is 123 Å². The van der Waals surface area contributed by atoms with Crippen LogP contribution in [-0.4, -0.2) is 57.6 Å². The quantitative estimate of drug-likeness (QED) is 0.511. The number of carbonyl (C=O) groups is 1. The van der Waals surface area contributed by atoms with Gasteiger partial charge in [0.05, 0.1) is 29.8 Å². The molecule has 2 heterocycles. The minimum absolute atomic E-state index is 0.0944. The molecule has 0 spiro atoms. The number of nitrogens with one attached hydrogen (secondary N) is 2. The first-order chi connectivity index (χ1) is 15.9. The van der Waals surface area contributed by atoms with Crippen LogP contribution in [0, 0.1) is 0 Å². The van der Waals surface area contributed by atoms with Crippen molar-refractivity contribution in [2.45, 2.75) is 42.4 Å². The number of hydrogen-bond donors (Lipinski definition) is 3. The van der Waals surface area contributed by atoms with Crippen molar-refractivity contribution < 1.29 is 32.5 Å². The summed E-state index contributed by atoms with van der Waals surface area (Å²) < 4.78 is 44.4. The molecule has 33 heavy (non-hydrogen) atoms. The Morgan fingerprint density at radius 1 is 1.09 bits per heavy atom. The van der Waals surface area contributed by atoms with Crippen LogP contribution in [0.15, 0.2) is 47.4 Å². The molecule has 178 valence electrons. The van der Waals surface area contributed by atoms with Crippen LogP contribution >= 0.6 is 11.6 Å². The second kappa shape index (κ2) is 10.3. The van der Waals surface area contributed by atoms with Gasteiger partial charge >= 0.3 is 0 Å². The number of sulfonamides is 1. The predicted octanol–water partition coefficient (Wildman–Crippen LogP) is 2.08. The molecular formula is C22H25ClN2O7S. The Labute approximate surface area is 197 Å². The molecule has 2 aromatic rings. The van der Waals surface area contributed by atoms with Crippen molar-refractivity contribution in [1.29, 1.82) is 0 Å². The third-order valence-corrected chi connectivity index (χ3v) is 7.37. The van der Waals surface area contributed by atoms with Crippen LogP contribution in [0.5, 0.6) is 11.5 Å². The van der Waals surface area contributed by atoms with Crippen molar-refractivity contribution in [2.24, 2.45) is 0 Å². The minimum atomic E-state index is -3.78. The van der Waals surface area contributed by atoms with Gasteiger partial charge in [0.1, 0.15) is 0 Å². The van der Waals surface area contributed by atoms with E-state index in [1.54, 1.807) is 18.2 Å². The van der Waals surface area contributed by atoms with E-state index in [-0.39, 0.29) is 30.3 Å². The third kappa shape index (κ3) is 5.77. The Balaban J connectivity index is 1.27. The van der Waals surface area contributed by atoms with Crippen LogP contribution in [0.1, 0.15) is 29.6 Å². The maximum atomic E-state index is 12.7. The van der Waals surface area contributed by atoms with Crippen LogP contribution in [0.25, 0.3) is 0 Å². The summed E-state index contributed by atoms with van der Waals surface area (Å²) in [5.74, 6) is 0.908. The van der Waals surface area contributed by atoms with Crippen molar-refractivity contribution >= 4 is 27.5 Å². The van der Waals surface area contributed by atoms with E-state index < -0.39 is 22.2 Å². The summed E-state index contributed by atoms with van der Waals surface area (Å²) in [6.45, 7) is 0.188. The number of aliphatic hydroxyl groups excluding tert-OH is 1. The molecule has 3 N–H and O–H groups in total. The van der Waals surface area contributed by atoms with E-state index in [2.05, 4.69) is 10.0 Å². The first kappa shape index (κ1) is 23.8. The van der Waals surface area contributed by atoms with Crippen LogP contribution in [0.3, 0.4) is 0 Å². The van der Waals surface area contributed by atoms with Gasteiger partial charge in [0.2, 0.25) is 16.8 Å². The molecule has 0 saturated carbocycles. The lowest BCUT2D eigenvalue weighted by Crippen LogP contribution is -2.51. The van der Waals surface area contributed by atoms with Crippen LogP contribution in [0.4, 0.5) is 0 Å². The van der Waals surface area contributed by atoms with Crippen molar-refractivity contribution in [2.75, 3.05) is 19.9 Å².